The van der Waals surface area contributed by atoms with Crippen LogP contribution in [0.5, 0.6) is 0 Å². The van der Waals surface area contributed by atoms with Gasteiger partial charge in [-0.25, -0.2) is 0 Å². The molecule has 0 radical (unpaired) electrons. The molecule has 1 atom stereocenters. The Labute approximate surface area is 125 Å². The van der Waals surface area contributed by atoms with Crippen molar-refractivity contribution >= 4 is 23.2 Å². The zero-order chi connectivity index (χ0) is 15.5. The number of amides is 2. The van der Waals surface area contributed by atoms with Gasteiger partial charge in [0.2, 0.25) is 11.8 Å². The van der Waals surface area contributed by atoms with Crippen molar-refractivity contribution in [3.63, 3.8) is 0 Å². The van der Waals surface area contributed by atoms with Gasteiger partial charge in [0.25, 0.3) is 0 Å². The lowest BCUT2D eigenvalue weighted by molar-refractivity contribution is -0.123. The van der Waals surface area contributed by atoms with Crippen molar-refractivity contribution in [1.29, 1.82) is 0 Å². The van der Waals surface area contributed by atoms with Crippen LogP contribution in [-0.4, -0.2) is 24.4 Å². The van der Waals surface area contributed by atoms with Gasteiger partial charge in [0, 0.05) is 16.8 Å². The molecule has 114 valence electrons. The molecule has 1 fully saturated rings. The molecule has 0 unspecified atom stereocenters. The van der Waals surface area contributed by atoms with Gasteiger partial charge in [0.05, 0.1) is 6.04 Å². The summed E-state index contributed by atoms with van der Waals surface area (Å²) in [5.41, 5.74) is 0.931. The van der Waals surface area contributed by atoms with Crippen LogP contribution in [0.1, 0.15) is 33.6 Å². The van der Waals surface area contributed by atoms with Gasteiger partial charge >= 0.3 is 0 Å². The normalized spacial score (nSPS) is 18.3. The molecular weight excluding hydrogens is 266 g/mol. The molecule has 5 heteroatoms. The van der Waals surface area contributed by atoms with Crippen LogP contribution in [0.15, 0.2) is 24.3 Å². The van der Waals surface area contributed by atoms with Gasteiger partial charge in [-0.1, -0.05) is 26.8 Å². The fraction of sp³-hybridized carbons (Fsp3) is 0.500. The standard InChI is InChI=1S/C16H23N3O2/c1-16(2,3)15(21)19-12-7-4-6-11(10-12)18-14(20)13-8-5-9-17-13/h4,6-7,10,13,17H,5,8-9H2,1-3H3,(H,18,20)(H,19,21)/t13-/m1/s1. The van der Waals surface area contributed by atoms with Crippen molar-refractivity contribution in [3.8, 4) is 0 Å². The maximum atomic E-state index is 12.0. The number of carbonyl (C=O) groups excluding carboxylic acids is 2. The Morgan fingerprint density at radius 1 is 1.19 bits per heavy atom. The summed E-state index contributed by atoms with van der Waals surface area (Å²) >= 11 is 0. The van der Waals surface area contributed by atoms with Crippen LogP contribution in [0.3, 0.4) is 0 Å². The van der Waals surface area contributed by atoms with Gasteiger partial charge in [-0.2, -0.15) is 0 Å². The molecule has 5 nitrogen and oxygen atoms in total. The summed E-state index contributed by atoms with van der Waals surface area (Å²) in [5, 5.41) is 8.90. The molecule has 1 aromatic carbocycles. The quantitative estimate of drug-likeness (QED) is 0.800. The summed E-state index contributed by atoms with van der Waals surface area (Å²) in [6.45, 7) is 6.47. The van der Waals surface area contributed by atoms with Crippen molar-refractivity contribution in [2.75, 3.05) is 17.2 Å². The summed E-state index contributed by atoms with van der Waals surface area (Å²) in [6.07, 6.45) is 1.89. The minimum Gasteiger partial charge on any atom is -0.326 e. The third-order valence-corrected chi connectivity index (χ3v) is 3.45. The summed E-state index contributed by atoms with van der Waals surface area (Å²) in [7, 11) is 0. The van der Waals surface area contributed by atoms with Crippen LogP contribution in [0.2, 0.25) is 0 Å². The van der Waals surface area contributed by atoms with Gasteiger partial charge in [-0.05, 0) is 37.6 Å². The van der Waals surface area contributed by atoms with Crippen molar-refractivity contribution in [1.82, 2.24) is 5.32 Å². The lowest BCUT2D eigenvalue weighted by atomic mass is 9.95. The fourth-order valence-corrected chi connectivity index (χ4v) is 2.13. The first-order valence-electron chi connectivity index (χ1n) is 7.32. The Hall–Kier alpha value is -1.88. The van der Waals surface area contributed by atoms with Crippen LogP contribution in [0.4, 0.5) is 11.4 Å². The Balaban J connectivity index is 2.00. The Morgan fingerprint density at radius 3 is 2.43 bits per heavy atom. The van der Waals surface area contributed by atoms with E-state index < -0.39 is 5.41 Å². The van der Waals surface area contributed by atoms with E-state index in [1.807, 2.05) is 39.0 Å². The molecule has 0 spiro atoms. The van der Waals surface area contributed by atoms with Gasteiger partial charge in [-0.15, -0.1) is 0 Å². The Morgan fingerprint density at radius 2 is 1.86 bits per heavy atom. The molecule has 0 aliphatic carbocycles. The second-order valence-corrected chi connectivity index (χ2v) is 6.42. The van der Waals surface area contributed by atoms with E-state index in [-0.39, 0.29) is 17.9 Å². The van der Waals surface area contributed by atoms with E-state index in [4.69, 9.17) is 0 Å². The number of rotatable bonds is 3. The molecule has 21 heavy (non-hydrogen) atoms. The summed E-state index contributed by atoms with van der Waals surface area (Å²) in [4.78, 5) is 24.0. The third kappa shape index (κ3) is 4.29. The van der Waals surface area contributed by atoms with Crippen LogP contribution in [0, 0.1) is 5.41 Å². The SMILES string of the molecule is CC(C)(C)C(=O)Nc1cccc(NC(=O)[C@H]2CCCN2)c1. The molecule has 1 aliphatic heterocycles. The highest BCUT2D eigenvalue weighted by Gasteiger charge is 2.23. The lowest BCUT2D eigenvalue weighted by Gasteiger charge is -2.18. The summed E-state index contributed by atoms with van der Waals surface area (Å²) < 4.78 is 0. The average Bonchev–Trinajstić information content (AvgIpc) is 2.91. The molecule has 2 amide bonds. The number of anilines is 2. The molecule has 1 heterocycles. The van der Waals surface area contributed by atoms with Crippen LogP contribution >= 0.6 is 0 Å². The van der Waals surface area contributed by atoms with E-state index in [2.05, 4.69) is 16.0 Å². The van der Waals surface area contributed by atoms with Crippen LogP contribution in [0.25, 0.3) is 0 Å². The maximum Gasteiger partial charge on any atom is 0.241 e. The van der Waals surface area contributed by atoms with E-state index >= 15 is 0 Å². The topological polar surface area (TPSA) is 70.2 Å². The largest absolute Gasteiger partial charge is 0.326 e. The summed E-state index contributed by atoms with van der Waals surface area (Å²) in [5.74, 6) is -0.0739. The van der Waals surface area contributed by atoms with Gasteiger partial charge < -0.3 is 16.0 Å². The first-order chi connectivity index (χ1) is 9.86. The number of hydrogen-bond acceptors (Lipinski definition) is 3. The zero-order valence-corrected chi connectivity index (χ0v) is 12.8. The minimum absolute atomic E-state index is 0.0215. The predicted molar refractivity (Wildman–Crippen MR) is 84.2 cm³/mol. The highest BCUT2D eigenvalue weighted by atomic mass is 16.2. The van der Waals surface area contributed by atoms with E-state index in [1.165, 1.54) is 0 Å². The van der Waals surface area contributed by atoms with E-state index in [0.717, 1.165) is 19.4 Å². The zero-order valence-electron chi connectivity index (χ0n) is 12.8. The molecule has 0 bridgehead atoms. The maximum absolute atomic E-state index is 12.0. The van der Waals surface area contributed by atoms with Gasteiger partial charge in [0.15, 0.2) is 0 Å². The van der Waals surface area contributed by atoms with E-state index in [1.54, 1.807) is 6.07 Å². The lowest BCUT2D eigenvalue weighted by Crippen LogP contribution is -2.35. The molecular formula is C16H23N3O2. The van der Waals surface area contributed by atoms with Crippen LogP contribution < -0.4 is 16.0 Å². The number of benzene rings is 1. The fourth-order valence-electron chi connectivity index (χ4n) is 2.13. The minimum atomic E-state index is -0.451. The second kappa shape index (κ2) is 6.26. The first-order valence-corrected chi connectivity index (χ1v) is 7.32. The highest BCUT2D eigenvalue weighted by molar-refractivity contribution is 5.97. The van der Waals surface area contributed by atoms with Gasteiger partial charge in [0.1, 0.15) is 0 Å². The van der Waals surface area contributed by atoms with E-state index in [9.17, 15) is 9.59 Å². The average molecular weight is 289 g/mol. The van der Waals surface area contributed by atoms with Gasteiger partial charge in [-0.3, -0.25) is 9.59 Å². The molecule has 1 saturated heterocycles. The molecule has 3 N–H and O–H groups in total. The van der Waals surface area contributed by atoms with Crippen molar-refractivity contribution in [2.24, 2.45) is 5.41 Å². The van der Waals surface area contributed by atoms with Crippen molar-refractivity contribution in [3.05, 3.63) is 24.3 Å². The molecule has 1 aromatic rings. The number of nitrogens with one attached hydrogen (secondary N) is 3. The number of carbonyl (C=O) groups is 2. The van der Waals surface area contributed by atoms with Crippen molar-refractivity contribution in [2.45, 2.75) is 39.7 Å². The Kier molecular flexibility index (Phi) is 4.63. The molecule has 2 rings (SSSR count). The predicted octanol–water partition coefficient (Wildman–Crippen LogP) is 2.36. The number of hydrogen-bond donors (Lipinski definition) is 3. The second-order valence-electron chi connectivity index (χ2n) is 6.42. The van der Waals surface area contributed by atoms with Crippen LogP contribution in [-0.2, 0) is 9.59 Å². The molecule has 0 saturated carbocycles. The monoisotopic (exact) mass is 289 g/mol. The van der Waals surface area contributed by atoms with Crippen molar-refractivity contribution < 1.29 is 9.59 Å². The first kappa shape index (κ1) is 15.5. The summed E-state index contributed by atoms with van der Waals surface area (Å²) in [6, 6.07) is 7.11. The Bertz CT molecular complexity index is 529. The van der Waals surface area contributed by atoms with E-state index in [0.29, 0.717) is 11.4 Å². The molecule has 0 aromatic heterocycles. The molecule has 1 aliphatic rings. The smallest absolute Gasteiger partial charge is 0.241 e. The third-order valence-electron chi connectivity index (χ3n) is 3.45. The highest BCUT2D eigenvalue weighted by Crippen LogP contribution is 2.20.